The van der Waals surface area contributed by atoms with Crippen molar-refractivity contribution in [3.63, 3.8) is 0 Å². The fraction of sp³-hybridized carbons (Fsp3) is 0.294. The Kier molecular flexibility index (Phi) is 3.50. The molecule has 0 bridgehead atoms. The second-order valence-corrected chi connectivity index (χ2v) is 5.82. The van der Waals surface area contributed by atoms with E-state index in [0.29, 0.717) is 12.2 Å². The third kappa shape index (κ3) is 2.16. The van der Waals surface area contributed by atoms with Crippen LogP contribution in [-0.2, 0) is 6.54 Å². The van der Waals surface area contributed by atoms with Crippen LogP contribution in [0.15, 0.2) is 30.9 Å². The van der Waals surface area contributed by atoms with Gasteiger partial charge in [0.1, 0.15) is 12.0 Å². The summed E-state index contributed by atoms with van der Waals surface area (Å²) >= 11 is 0. The molecule has 0 saturated carbocycles. The zero-order valence-electron chi connectivity index (χ0n) is 13.6. The number of aliphatic hydroxyl groups excluding tert-OH is 1. The highest BCUT2D eigenvalue weighted by atomic mass is 16.3. The third-order valence-corrected chi connectivity index (χ3v) is 4.42. The molecule has 0 fully saturated rings. The smallest absolute Gasteiger partial charge is 0.182 e. The van der Waals surface area contributed by atoms with Crippen LogP contribution in [0.1, 0.15) is 17.7 Å². The summed E-state index contributed by atoms with van der Waals surface area (Å²) in [7, 11) is 0. The first-order valence-electron chi connectivity index (χ1n) is 7.92. The number of hydrogen-bond acceptors (Lipinski definition) is 5. The molecule has 0 radical (unpaired) electrons. The largest absolute Gasteiger partial charge is 0.396 e. The molecule has 0 saturated heterocycles. The van der Waals surface area contributed by atoms with E-state index >= 15 is 0 Å². The molecule has 0 aliphatic carbocycles. The van der Waals surface area contributed by atoms with Crippen LogP contribution in [0.3, 0.4) is 0 Å². The van der Waals surface area contributed by atoms with E-state index in [1.165, 1.54) is 0 Å². The van der Waals surface area contributed by atoms with Gasteiger partial charge in [-0.25, -0.2) is 14.5 Å². The van der Waals surface area contributed by atoms with E-state index in [4.69, 9.17) is 10.1 Å². The summed E-state index contributed by atoms with van der Waals surface area (Å²) in [6.45, 7) is 5.05. The molecule has 0 unspecified atom stereocenters. The van der Waals surface area contributed by atoms with Gasteiger partial charge in [0.15, 0.2) is 11.5 Å². The van der Waals surface area contributed by atoms with E-state index in [9.17, 15) is 0 Å². The lowest BCUT2D eigenvalue weighted by Crippen LogP contribution is -2.03. The molecule has 7 heteroatoms. The van der Waals surface area contributed by atoms with E-state index in [1.54, 1.807) is 23.2 Å². The minimum Gasteiger partial charge on any atom is -0.396 e. The molecule has 0 spiro atoms. The van der Waals surface area contributed by atoms with Crippen molar-refractivity contribution in [2.24, 2.45) is 0 Å². The van der Waals surface area contributed by atoms with Crippen molar-refractivity contribution >= 4 is 16.7 Å². The number of fused-ring (bicyclic) bond motifs is 3. The van der Waals surface area contributed by atoms with Gasteiger partial charge in [-0.2, -0.15) is 0 Å². The van der Waals surface area contributed by atoms with Crippen LogP contribution < -0.4 is 0 Å². The monoisotopic (exact) mass is 322 g/mol. The third-order valence-electron chi connectivity index (χ3n) is 4.42. The predicted molar refractivity (Wildman–Crippen MR) is 90.7 cm³/mol. The zero-order valence-corrected chi connectivity index (χ0v) is 13.6. The molecular formula is C17H18N6O. The molecule has 4 aromatic heterocycles. The van der Waals surface area contributed by atoms with Gasteiger partial charge in [0, 0.05) is 36.8 Å². The van der Waals surface area contributed by atoms with Crippen LogP contribution in [0.25, 0.3) is 28.1 Å². The van der Waals surface area contributed by atoms with E-state index < -0.39 is 0 Å². The maximum absolute atomic E-state index is 9.13. The number of rotatable bonds is 4. The van der Waals surface area contributed by atoms with Crippen molar-refractivity contribution in [3.8, 4) is 11.4 Å². The lowest BCUT2D eigenvalue weighted by Gasteiger charge is -2.05. The highest BCUT2D eigenvalue weighted by Crippen LogP contribution is 2.28. The number of aromatic nitrogens is 6. The lowest BCUT2D eigenvalue weighted by atomic mass is 10.2. The fourth-order valence-corrected chi connectivity index (χ4v) is 3.06. The Labute approximate surface area is 138 Å². The standard InChI is InChI=1S/C17H18N6O/c1-11-12(2)22(8-3-9-24)16-14(11)17-20-15(21-23(17)10-19-16)13-4-6-18-7-5-13/h4-7,10,24H,3,8-9H2,1-2H3. The van der Waals surface area contributed by atoms with E-state index in [-0.39, 0.29) is 6.61 Å². The van der Waals surface area contributed by atoms with Crippen LogP contribution in [0.5, 0.6) is 0 Å². The topological polar surface area (TPSA) is 81.1 Å². The average Bonchev–Trinajstić information content (AvgIpc) is 3.14. The highest BCUT2D eigenvalue weighted by Gasteiger charge is 2.18. The van der Waals surface area contributed by atoms with E-state index in [2.05, 4.69) is 33.5 Å². The number of hydrogen-bond donors (Lipinski definition) is 1. The molecule has 0 atom stereocenters. The Hall–Kier alpha value is -2.80. The molecule has 0 aliphatic rings. The second-order valence-electron chi connectivity index (χ2n) is 5.82. The number of aryl methyl sites for hydroxylation is 2. The van der Waals surface area contributed by atoms with Gasteiger partial charge in [-0.1, -0.05) is 0 Å². The molecule has 4 aromatic rings. The normalized spacial score (nSPS) is 11.6. The van der Waals surface area contributed by atoms with Crippen molar-refractivity contribution in [1.29, 1.82) is 0 Å². The number of pyridine rings is 1. The van der Waals surface area contributed by atoms with Gasteiger partial charge in [-0.05, 0) is 38.0 Å². The molecule has 7 nitrogen and oxygen atoms in total. The van der Waals surface area contributed by atoms with Gasteiger partial charge < -0.3 is 9.67 Å². The molecule has 0 aromatic carbocycles. The Morgan fingerprint density at radius 3 is 2.67 bits per heavy atom. The van der Waals surface area contributed by atoms with Crippen molar-refractivity contribution in [1.82, 2.24) is 29.1 Å². The first-order valence-corrected chi connectivity index (χ1v) is 7.92. The number of nitrogens with zero attached hydrogens (tertiary/aromatic N) is 6. The minimum absolute atomic E-state index is 0.164. The van der Waals surface area contributed by atoms with Crippen molar-refractivity contribution in [2.45, 2.75) is 26.8 Å². The van der Waals surface area contributed by atoms with Crippen LogP contribution in [0.2, 0.25) is 0 Å². The Morgan fingerprint density at radius 1 is 1.12 bits per heavy atom. The van der Waals surface area contributed by atoms with Gasteiger partial charge >= 0.3 is 0 Å². The van der Waals surface area contributed by atoms with Crippen LogP contribution >= 0.6 is 0 Å². The molecule has 24 heavy (non-hydrogen) atoms. The maximum Gasteiger partial charge on any atom is 0.182 e. The zero-order chi connectivity index (χ0) is 16.7. The molecule has 4 rings (SSSR count). The first-order chi connectivity index (χ1) is 11.7. The second kappa shape index (κ2) is 5.68. The molecule has 122 valence electrons. The van der Waals surface area contributed by atoms with Crippen molar-refractivity contribution in [3.05, 3.63) is 42.1 Å². The fourth-order valence-electron chi connectivity index (χ4n) is 3.06. The average molecular weight is 322 g/mol. The summed E-state index contributed by atoms with van der Waals surface area (Å²) in [5.74, 6) is 0.659. The molecule has 1 N–H and O–H groups in total. The SMILES string of the molecule is Cc1c(C)n(CCCO)c2ncn3nc(-c4ccncc4)nc3c12. The summed E-state index contributed by atoms with van der Waals surface area (Å²) < 4.78 is 3.86. The van der Waals surface area contributed by atoms with E-state index in [1.807, 2.05) is 12.1 Å². The first kappa shape index (κ1) is 14.8. The molecule has 0 amide bonds. The predicted octanol–water partition coefficient (Wildman–Crippen LogP) is 2.14. The van der Waals surface area contributed by atoms with Crippen molar-refractivity contribution < 1.29 is 5.11 Å². The Morgan fingerprint density at radius 2 is 1.92 bits per heavy atom. The Bertz CT molecular complexity index is 1020. The quantitative estimate of drug-likeness (QED) is 0.622. The van der Waals surface area contributed by atoms with E-state index in [0.717, 1.165) is 40.0 Å². The van der Waals surface area contributed by atoms with Crippen LogP contribution in [-0.4, -0.2) is 40.8 Å². The van der Waals surface area contributed by atoms with Gasteiger partial charge in [-0.15, -0.1) is 5.10 Å². The van der Waals surface area contributed by atoms with Crippen LogP contribution in [0.4, 0.5) is 0 Å². The lowest BCUT2D eigenvalue weighted by molar-refractivity contribution is 0.280. The summed E-state index contributed by atoms with van der Waals surface area (Å²) in [5.41, 5.74) is 4.91. The summed E-state index contributed by atoms with van der Waals surface area (Å²) in [6.07, 6.45) is 5.86. The van der Waals surface area contributed by atoms with Gasteiger partial charge in [0.05, 0.1) is 5.39 Å². The van der Waals surface area contributed by atoms with Crippen LogP contribution in [0, 0.1) is 13.8 Å². The van der Waals surface area contributed by atoms with Gasteiger partial charge in [0.2, 0.25) is 0 Å². The summed E-state index contributed by atoms with van der Waals surface area (Å²) in [6, 6.07) is 3.79. The highest BCUT2D eigenvalue weighted by molar-refractivity contribution is 5.94. The maximum atomic E-state index is 9.13. The molecule has 0 aliphatic heterocycles. The van der Waals surface area contributed by atoms with Gasteiger partial charge in [0.25, 0.3) is 0 Å². The number of aliphatic hydroxyl groups is 1. The van der Waals surface area contributed by atoms with Gasteiger partial charge in [-0.3, -0.25) is 4.98 Å². The summed E-state index contributed by atoms with van der Waals surface area (Å²) in [5, 5.41) is 14.7. The molecule has 4 heterocycles. The minimum atomic E-state index is 0.164. The Balaban J connectivity index is 1.96. The summed E-state index contributed by atoms with van der Waals surface area (Å²) in [4.78, 5) is 13.3. The molecular weight excluding hydrogens is 304 g/mol. The van der Waals surface area contributed by atoms with Crippen molar-refractivity contribution in [2.75, 3.05) is 6.61 Å².